The van der Waals surface area contributed by atoms with Gasteiger partial charge in [-0.05, 0) is 35.2 Å². The van der Waals surface area contributed by atoms with Gasteiger partial charge in [0.05, 0.1) is 26.3 Å². The summed E-state index contributed by atoms with van der Waals surface area (Å²) in [5.74, 6) is -1.89. The average Bonchev–Trinajstić information content (AvgIpc) is 3.74. The van der Waals surface area contributed by atoms with E-state index in [4.69, 9.17) is 20.6 Å². The number of nitrogens with zero attached hydrogens (tertiary/aromatic N) is 2. The standard InChI is InChI=1S/C30H31N5O5S/c31-27(32)22-13-23(41-17-22)15-33-28(37)25-14-30(39-10-11-40-30)18-35(25)26(36)16-34-9-8-21-12-20(6-7-24(21)29(34)38)19-4-2-1-3-5-19/h1-7,12-13,17,25H,8-11,14-16,18H2,(H3,31,32)(H,33,37)/t25-/m0/s1. The molecule has 0 aliphatic carbocycles. The molecule has 2 fully saturated rings. The summed E-state index contributed by atoms with van der Waals surface area (Å²) in [6.45, 7) is 1.44. The monoisotopic (exact) mass is 573 g/mol. The summed E-state index contributed by atoms with van der Waals surface area (Å²) in [4.78, 5) is 44.2. The van der Waals surface area contributed by atoms with Gasteiger partial charge in [0.2, 0.25) is 11.8 Å². The first-order valence-corrected chi connectivity index (χ1v) is 14.4. The minimum atomic E-state index is -1.02. The van der Waals surface area contributed by atoms with Gasteiger partial charge in [-0.15, -0.1) is 11.3 Å². The van der Waals surface area contributed by atoms with E-state index in [1.807, 2.05) is 48.5 Å². The van der Waals surface area contributed by atoms with E-state index in [1.165, 1.54) is 16.2 Å². The smallest absolute Gasteiger partial charge is 0.254 e. The lowest BCUT2D eigenvalue weighted by Gasteiger charge is -2.31. The number of carbonyl (C=O) groups is 3. The Kier molecular flexibility index (Phi) is 7.33. The van der Waals surface area contributed by atoms with Crippen molar-refractivity contribution < 1.29 is 23.9 Å². The molecule has 0 bridgehead atoms. The number of benzene rings is 2. The van der Waals surface area contributed by atoms with Gasteiger partial charge in [0.1, 0.15) is 18.4 Å². The number of rotatable bonds is 7. The fourth-order valence-electron chi connectivity index (χ4n) is 5.70. The zero-order valence-corrected chi connectivity index (χ0v) is 23.2. The number of nitrogens with one attached hydrogen (secondary N) is 2. The van der Waals surface area contributed by atoms with Gasteiger partial charge in [-0.2, -0.15) is 0 Å². The number of nitrogen functional groups attached to an aromatic ring is 1. The van der Waals surface area contributed by atoms with Crippen LogP contribution in [-0.4, -0.2) is 78.0 Å². The molecule has 1 spiro atoms. The highest BCUT2D eigenvalue weighted by Gasteiger charge is 2.52. The second-order valence-electron chi connectivity index (χ2n) is 10.5. The van der Waals surface area contributed by atoms with Crippen molar-refractivity contribution in [2.75, 3.05) is 32.8 Å². The minimum Gasteiger partial charge on any atom is -0.384 e. The highest BCUT2D eigenvalue weighted by Crippen LogP contribution is 2.35. The van der Waals surface area contributed by atoms with Crippen molar-refractivity contribution in [2.24, 2.45) is 5.73 Å². The van der Waals surface area contributed by atoms with Gasteiger partial charge in [0, 0.05) is 34.3 Å². The van der Waals surface area contributed by atoms with E-state index in [0.717, 1.165) is 21.6 Å². The molecule has 4 heterocycles. The Morgan fingerprint density at radius 3 is 2.61 bits per heavy atom. The number of amides is 3. The van der Waals surface area contributed by atoms with Gasteiger partial charge >= 0.3 is 0 Å². The quantitative estimate of drug-likeness (QED) is 0.293. The Balaban J connectivity index is 1.14. The number of fused-ring (bicyclic) bond motifs is 1. The molecule has 4 N–H and O–H groups in total. The maximum absolute atomic E-state index is 13.6. The van der Waals surface area contributed by atoms with Crippen LogP contribution in [0.5, 0.6) is 0 Å². The molecule has 0 saturated carbocycles. The number of hydrogen-bond donors (Lipinski definition) is 3. The number of ether oxygens (including phenoxy) is 2. The van der Waals surface area contributed by atoms with E-state index < -0.39 is 11.8 Å². The Hall–Kier alpha value is -4.06. The lowest BCUT2D eigenvalue weighted by molar-refractivity contribution is -0.152. The van der Waals surface area contributed by atoms with Gasteiger partial charge in [-0.25, -0.2) is 0 Å². The van der Waals surface area contributed by atoms with E-state index in [9.17, 15) is 14.4 Å². The number of hydrogen-bond acceptors (Lipinski definition) is 7. The maximum Gasteiger partial charge on any atom is 0.254 e. The molecule has 0 unspecified atom stereocenters. The summed E-state index contributed by atoms with van der Waals surface area (Å²) in [6, 6.07) is 16.8. The first kappa shape index (κ1) is 27.1. The molecule has 3 aromatic rings. The highest BCUT2D eigenvalue weighted by atomic mass is 32.1. The lowest BCUT2D eigenvalue weighted by atomic mass is 9.94. The third kappa shape index (κ3) is 5.48. The Bertz CT molecular complexity index is 1500. The van der Waals surface area contributed by atoms with Crippen molar-refractivity contribution in [3.8, 4) is 11.1 Å². The number of carbonyl (C=O) groups excluding carboxylic acids is 3. The molecular weight excluding hydrogens is 542 g/mol. The van der Waals surface area contributed by atoms with Gasteiger partial charge in [0.25, 0.3) is 5.91 Å². The van der Waals surface area contributed by atoms with Crippen molar-refractivity contribution in [3.05, 3.63) is 81.5 Å². The second kappa shape index (κ2) is 11.1. The number of nitrogens with two attached hydrogens (primary N) is 1. The molecule has 41 heavy (non-hydrogen) atoms. The minimum absolute atomic E-state index is 0.0321. The van der Waals surface area contributed by atoms with E-state index in [2.05, 4.69) is 5.32 Å². The summed E-state index contributed by atoms with van der Waals surface area (Å²) >= 11 is 1.40. The third-order valence-corrected chi connectivity index (χ3v) is 8.77. The molecule has 1 atom stereocenters. The van der Waals surface area contributed by atoms with E-state index >= 15 is 0 Å². The summed E-state index contributed by atoms with van der Waals surface area (Å²) < 4.78 is 11.7. The molecule has 2 aromatic carbocycles. The van der Waals surface area contributed by atoms with Gasteiger partial charge < -0.3 is 30.3 Å². The first-order chi connectivity index (χ1) is 19.8. The van der Waals surface area contributed by atoms with Gasteiger partial charge in [-0.3, -0.25) is 19.8 Å². The van der Waals surface area contributed by atoms with E-state index in [0.29, 0.717) is 37.3 Å². The molecule has 6 rings (SSSR count). The normalized spacial score (nSPS) is 19.4. The fourth-order valence-corrected chi connectivity index (χ4v) is 6.52. The van der Waals surface area contributed by atoms with Gasteiger partial charge in [-0.1, -0.05) is 42.5 Å². The fraction of sp³-hybridized carbons (Fsp3) is 0.333. The van der Waals surface area contributed by atoms with Crippen molar-refractivity contribution in [3.63, 3.8) is 0 Å². The highest BCUT2D eigenvalue weighted by molar-refractivity contribution is 7.10. The number of amidine groups is 1. The van der Waals surface area contributed by atoms with Crippen LogP contribution in [0.3, 0.4) is 0 Å². The van der Waals surface area contributed by atoms with Crippen molar-refractivity contribution in [2.45, 2.75) is 31.2 Å². The van der Waals surface area contributed by atoms with Crippen LogP contribution < -0.4 is 11.1 Å². The topological polar surface area (TPSA) is 138 Å². The molecule has 212 valence electrons. The average molecular weight is 574 g/mol. The van der Waals surface area contributed by atoms with E-state index in [1.54, 1.807) is 16.3 Å². The van der Waals surface area contributed by atoms with Crippen LogP contribution in [0.15, 0.2) is 60.0 Å². The van der Waals surface area contributed by atoms with Crippen molar-refractivity contribution >= 4 is 34.9 Å². The third-order valence-electron chi connectivity index (χ3n) is 7.84. The Morgan fingerprint density at radius 2 is 1.88 bits per heavy atom. The van der Waals surface area contributed by atoms with Crippen LogP contribution >= 0.6 is 11.3 Å². The van der Waals surface area contributed by atoms with Gasteiger partial charge in [0.15, 0.2) is 5.79 Å². The van der Waals surface area contributed by atoms with Crippen LogP contribution in [0, 0.1) is 5.41 Å². The zero-order valence-electron chi connectivity index (χ0n) is 22.4. The van der Waals surface area contributed by atoms with Crippen LogP contribution in [0.2, 0.25) is 0 Å². The second-order valence-corrected chi connectivity index (χ2v) is 11.5. The summed E-state index contributed by atoms with van der Waals surface area (Å²) in [5.41, 5.74) is 9.85. The lowest BCUT2D eigenvalue weighted by Crippen LogP contribution is -2.51. The molecule has 1 aromatic heterocycles. The van der Waals surface area contributed by atoms with Crippen molar-refractivity contribution in [1.82, 2.24) is 15.1 Å². The Morgan fingerprint density at radius 1 is 1.10 bits per heavy atom. The molecule has 2 saturated heterocycles. The maximum atomic E-state index is 13.6. The molecule has 10 nitrogen and oxygen atoms in total. The van der Waals surface area contributed by atoms with Crippen LogP contribution in [0.1, 0.15) is 32.8 Å². The summed E-state index contributed by atoms with van der Waals surface area (Å²) in [5, 5.41) is 12.2. The predicted molar refractivity (Wildman–Crippen MR) is 153 cm³/mol. The van der Waals surface area contributed by atoms with Crippen LogP contribution in [-0.2, 0) is 32.0 Å². The zero-order chi connectivity index (χ0) is 28.6. The van der Waals surface area contributed by atoms with Crippen molar-refractivity contribution in [1.29, 1.82) is 5.41 Å². The SMILES string of the molecule is N=C(N)c1csc(CNC(=O)[C@@H]2CC3(CN2C(=O)CN2CCc4cc(-c5ccccc5)ccc4C2=O)OCCO3)c1. The Labute approximate surface area is 241 Å². The largest absolute Gasteiger partial charge is 0.384 e. The molecule has 0 radical (unpaired) electrons. The number of thiophene rings is 1. The molecule has 3 aliphatic heterocycles. The first-order valence-electron chi connectivity index (χ1n) is 13.6. The molecule has 3 aliphatic rings. The summed E-state index contributed by atoms with van der Waals surface area (Å²) in [6.07, 6.45) is 0.852. The van der Waals surface area contributed by atoms with Crippen LogP contribution in [0.25, 0.3) is 11.1 Å². The molecular formula is C30H31N5O5S. The predicted octanol–water partition coefficient (Wildman–Crippen LogP) is 2.36. The van der Waals surface area contributed by atoms with Crippen LogP contribution in [0.4, 0.5) is 0 Å². The molecule has 11 heteroatoms. The summed E-state index contributed by atoms with van der Waals surface area (Å²) in [7, 11) is 0. The number of likely N-dealkylation sites (tertiary alicyclic amines) is 1. The van der Waals surface area contributed by atoms with E-state index in [-0.39, 0.29) is 49.6 Å². The molecule has 3 amide bonds.